The van der Waals surface area contributed by atoms with E-state index in [1.54, 1.807) is 12.1 Å². The molecule has 0 aromatic heterocycles. The number of aromatic hydroxyl groups is 2. The molecule has 8 atom stereocenters. The fourth-order valence-corrected chi connectivity index (χ4v) is 12.2. The van der Waals surface area contributed by atoms with Crippen molar-refractivity contribution in [2.45, 2.75) is 112 Å². The highest BCUT2D eigenvalue weighted by molar-refractivity contribution is 6.33. The lowest BCUT2D eigenvalue weighted by atomic mass is 9.44. The number of fused-ring (bicyclic) bond motifs is 5. The van der Waals surface area contributed by atoms with Crippen LogP contribution in [0.4, 0.5) is 0 Å². The fraction of sp³-hybridized carbons (Fsp3) is 0.619. The van der Waals surface area contributed by atoms with Gasteiger partial charge in [0, 0.05) is 0 Å². The van der Waals surface area contributed by atoms with Crippen LogP contribution in [0, 0.1) is 52.3 Å². The maximum Gasteiger partial charge on any atom is 0.339 e. The molecule has 50 heavy (non-hydrogen) atoms. The predicted octanol–water partition coefficient (Wildman–Crippen LogP) is 11.7. The van der Waals surface area contributed by atoms with Gasteiger partial charge in [-0.25, -0.2) is 9.59 Å². The minimum Gasteiger partial charge on any atom is -0.505 e. The molecule has 2 aromatic carbocycles. The second-order valence-electron chi connectivity index (χ2n) is 17.2. The molecular formula is C42H54Cl2O6. The van der Waals surface area contributed by atoms with Crippen LogP contribution in [0.2, 0.25) is 10.0 Å². The van der Waals surface area contributed by atoms with Crippen molar-refractivity contribution in [2.24, 2.45) is 52.3 Å². The Morgan fingerprint density at radius 1 is 0.780 bits per heavy atom. The molecule has 272 valence electrons. The number of carboxylic acid groups (broad SMARTS) is 2. The normalized spacial score (nSPS) is 31.1. The van der Waals surface area contributed by atoms with E-state index in [4.69, 9.17) is 23.2 Å². The Morgan fingerprint density at radius 3 is 1.92 bits per heavy atom. The summed E-state index contributed by atoms with van der Waals surface area (Å²) in [5.74, 6) is 1.33. The first-order valence-electron chi connectivity index (χ1n) is 18.8. The van der Waals surface area contributed by atoms with Gasteiger partial charge in [0.2, 0.25) is 0 Å². The van der Waals surface area contributed by atoms with Gasteiger partial charge in [0.25, 0.3) is 0 Å². The lowest BCUT2D eigenvalue weighted by Crippen LogP contribution is -2.53. The van der Waals surface area contributed by atoms with Crippen molar-refractivity contribution in [3.05, 3.63) is 62.1 Å². The monoisotopic (exact) mass is 724 g/mol. The standard InChI is InChI=1S/C42H54Cl2O6/c1-22(2)7-6-8-23(3)31-11-12-32-28-10-9-27-17-24(13-15-41(27,4)33(28)14-16-42(31,32)5)36(25-18-29(39(47)48)37(45)34(43)20-25)26-19-30(40(49)50)38(46)35(44)21-26/h18-23,27-28,31-33,45-46H,6-17H2,1-5H3,(H,47,48)(H,49,50)/t23-,27?,28+,31-,32+,33+,41+,42-/m1/s1. The third-order valence-corrected chi connectivity index (χ3v) is 14.8. The molecule has 2 aromatic rings. The van der Waals surface area contributed by atoms with E-state index in [0.29, 0.717) is 34.0 Å². The van der Waals surface area contributed by atoms with Gasteiger partial charge >= 0.3 is 11.9 Å². The summed E-state index contributed by atoms with van der Waals surface area (Å²) in [5, 5.41) is 40.5. The first kappa shape index (κ1) is 37.1. The van der Waals surface area contributed by atoms with Crippen LogP contribution < -0.4 is 0 Å². The molecule has 0 radical (unpaired) electrons. The number of carbonyl (C=O) groups is 2. The van der Waals surface area contributed by atoms with Crippen LogP contribution in [-0.2, 0) is 0 Å². The van der Waals surface area contributed by atoms with Crippen molar-refractivity contribution < 1.29 is 30.0 Å². The highest BCUT2D eigenvalue weighted by Gasteiger charge is 2.60. The van der Waals surface area contributed by atoms with E-state index >= 15 is 0 Å². The van der Waals surface area contributed by atoms with Gasteiger partial charge in [0.1, 0.15) is 22.6 Å². The second kappa shape index (κ2) is 14.0. The Labute approximate surface area is 307 Å². The molecule has 6 nitrogen and oxygen atoms in total. The zero-order valence-corrected chi connectivity index (χ0v) is 31.7. The minimum atomic E-state index is -1.32. The minimum absolute atomic E-state index is 0.100. The number of rotatable bonds is 9. The number of halogens is 2. The van der Waals surface area contributed by atoms with Gasteiger partial charge in [-0.3, -0.25) is 0 Å². The molecule has 4 N–H and O–H groups in total. The Hall–Kier alpha value is -2.70. The molecule has 4 aliphatic carbocycles. The molecule has 0 saturated heterocycles. The molecule has 0 heterocycles. The van der Waals surface area contributed by atoms with E-state index in [9.17, 15) is 30.0 Å². The Bertz CT molecular complexity index is 1630. The summed E-state index contributed by atoms with van der Waals surface area (Å²) in [4.78, 5) is 24.3. The molecule has 0 bridgehead atoms. The number of carboxylic acids is 2. The predicted molar refractivity (Wildman–Crippen MR) is 199 cm³/mol. The molecule has 8 heteroatoms. The van der Waals surface area contributed by atoms with Gasteiger partial charge in [0.05, 0.1) is 10.0 Å². The Kier molecular flexibility index (Phi) is 10.4. The average Bonchev–Trinajstić information content (AvgIpc) is 3.41. The number of hydrogen-bond acceptors (Lipinski definition) is 4. The first-order valence-corrected chi connectivity index (χ1v) is 19.6. The number of benzene rings is 2. The van der Waals surface area contributed by atoms with Gasteiger partial charge in [-0.2, -0.15) is 0 Å². The van der Waals surface area contributed by atoms with E-state index in [2.05, 4.69) is 34.6 Å². The fourth-order valence-electron chi connectivity index (χ4n) is 11.7. The quantitative estimate of drug-likeness (QED) is 0.205. The van der Waals surface area contributed by atoms with Crippen molar-refractivity contribution in [3.8, 4) is 11.5 Å². The molecule has 4 saturated carbocycles. The highest BCUT2D eigenvalue weighted by atomic mass is 35.5. The van der Waals surface area contributed by atoms with Crippen LogP contribution in [0.25, 0.3) is 5.57 Å². The Morgan fingerprint density at radius 2 is 1.36 bits per heavy atom. The highest BCUT2D eigenvalue weighted by Crippen LogP contribution is 2.69. The molecule has 0 amide bonds. The summed E-state index contributed by atoms with van der Waals surface area (Å²) < 4.78 is 0. The SMILES string of the molecule is CC(C)CCC[C@@H](C)[C@H]1CC[C@H]2[C@@H]3CCC4CC(=C(c5cc(Cl)c(O)c(C(=O)O)c5)c5cc(Cl)c(O)c(C(=O)O)c5)CC[C@]4(C)[C@H]3CC[C@]12C. The van der Waals surface area contributed by atoms with Crippen molar-refractivity contribution >= 4 is 40.7 Å². The van der Waals surface area contributed by atoms with Crippen LogP contribution in [-0.4, -0.2) is 32.4 Å². The van der Waals surface area contributed by atoms with E-state index in [1.807, 2.05) is 0 Å². The third kappa shape index (κ3) is 6.46. The van der Waals surface area contributed by atoms with Crippen molar-refractivity contribution in [1.29, 1.82) is 0 Å². The zero-order chi connectivity index (χ0) is 36.3. The lowest BCUT2D eigenvalue weighted by molar-refractivity contribution is -0.108. The molecule has 0 aliphatic heterocycles. The van der Waals surface area contributed by atoms with Gasteiger partial charge in [-0.15, -0.1) is 0 Å². The van der Waals surface area contributed by atoms with Crippen molar-refractivity contribution in [1.82, 2.24) is 0 Å². The molecule has 6 rings (SSSR count). The van der Waals surface area contributed by atoms with E-state index in [-0.39, 0.29) is 26.6 Å². The van der Waals surface area contributed by atoms with Crippen LogP contribution in [0.3, 0.4) is 0 Å². The van der Waals surface area contributed by atoms with Crippen molar-refractivity contribution in [2.75, 3.05) is 0 Å². The van der Waals surface area contributed by atoms with Gasteiger partial charge in [-0.1, -0.05) is 82.7 Å². The first-order chi connectivity index (χ1) is 23.6. The zero-order valence-electron chi connectivity index (χ0n) is 30.2. The number of aromatic carboxylic acids is 2. The molecule has 1 unspecified atom stereocenters. The molecular weight excluding hydrogens is 671 g/mol. The molecule has 0 spiro atoms. The van der Waals surface area contributed by atoms with Crippen LogP contribution in [0.1, 0.15) is 144 Å². The van der Waals surface area contributed by atoms with Crippen LogP contribution >= 0.6 is 23.2 Å². The van der Waals surface area contributed by atoms with E-state index in [0.717, 1.165) is 60.8 Å². The van der Waals surface area contributed by atoms with E-state index < -0.39 is 23.4 Å². The van der Waals surface area contributed by atoms with Gasteiger partial charge in [0.15, 0.2) is 0 Å². The number of hydrogen-bond donors (Lipinski definition) is 4. The maximum absolute atomic E-state index is 12.1. The molecule has 4 aliphatic rings. The van der Waals surface area contributed by atoms with Crippen LogP contribution in [0.15, 0.2) is 29.8 Å². The third-order valence-electron chi connectivity index (χ3n) is 14.2. The summed E-state index contributed by atoms with van der Waals surface area (Å²) in [6, 6.07) is 5.89. The molecule has 4 fully saturated rings. The van der Waals surface area contributed by atoms with Crippen LogP contribution in [0.5, 0.6) is 11.5 Å². The lowest BCUT2D eigenvalue weighted by Gasteiger charge is -2.61. The largest absolute Gasteiger partial charge is 0.505 e. The van der Waals surface area contributed by atoms with E-state index in [1.165, 1.54) is 63.5 Å². The van der Waals surface area contributed by atoms with Gasteiger partial charge < -0.3 is 20.4 Å². The summed E-state index contributed by atoms with van der Waals surface area (Å²) in [7, 11) is 0. The summed E-state index contributed by atoms with van der Waals surface area (Å²) in [6.45, 7) is 12.3. The number of phenols is 2. The topological polar surface area (TPSA) is 115 Å². The summed E-state index contributed by atoms with van der Waals surface area (Å²) in [5.41, 5.74) is 2.66. The second-order valence-corrected chi connectivity index (χ2v) is 18.0. The summed E-state index contributed by atoms with van der Waals surface area (Å²) >= 11 is 12.8. The smallest absolute Gasteiger partial charge is 0.339 e. The average molecular weight is 726 g/mol. The van der Waals surface area contributed by atoms with Gasteiger partial charge in [-0.05, 0) is 151 Å². The summed E-state index contributed by atoms with van der Waals surface area (Å²) in [6.07, 6.45) is 14.2. The Balaban J connectivity index is 1.33. The maximum atomic E-state index is 12.1. The van der Waals surface area contributed by atoms with Crippen molar-refractivity contribution in [3.63, 3.8) is 0 Å². The number of allylic oxidation sites excluding steroid dienone is 1.